The van der Waals surface area contributed by atoms with E-state index in [0.717, 1.165) is 32.7 Å². The standard InChI is InChI=1S/C32H22N2O3.C12H9NO3S/c1-19-18-26(33-25-17-9-13-20-10-5-6-14-22(20)25)27-28(29(19)34-32(37)21-11-3-2-4-12-21)31(36)24-16-8-7-15-23(24)30(27)35;14-17(15,16)11-7-3-5-9-8-4-1-2-6-10(8)13-12(9)11/h2-18,33H,1H3,(H,34,37);1-7,13H,(H,14,15,16). The number of nitrogens with one attached hydrogen (secondary N) is 3. The lowest BCUT2D eigenvalue weighted by Crippen LogP contribution is -2.26. The van der Waals surface area contributed by atoms with Crippen molar-refractivity contribution in [2.24, 2.45) is 0 Å². The van der Waals surface area contributed by atoms with Crippen molar-refractivity contribution < 1.29 is 27.4 Å². The van der Waals surface area contributed by atoms with Gasteiger partial charge in [0.05, 0.1) is 28.0 Å². The molecule has 264 valence electrons. The number of H-pyrrole nitrogens is 1. The van der Waals surface area contributed by atoms with E-state index in [9.17, 15) is 22.8 Å². The van der Waals surface area contributed by atoms with Crippen molar-refractivity contribution in [3.8, 4) is 0 Å². The number of aryl methyl sites for hydroxylation is 1. The van der Waals surface area contributed by atoms with Crippen molar-refractivity contribution >= 4 is 77.2 Å². The Kier molecular flexibility index (Phi) is 8.61. The average Bonchev–Trinajstić information content (AvgIpc) is 3.57. The minimum Gasteiger partial charge on any atom is -0.354 e. The Hall–Kier alpha value is -6.88. The maximum absolute atomic E-state index is 13.8. The Morgan fingerprint density at radius 3 is 1.96 bits per heavy atom. The topological polar surface area (TPSA) is 145 Å². The molecule has 1 heterocycles. The molecule has 0 atom stereocenters. The van der Waals surface area contributed by atoms with Gasteiger partial charge in [-0.05, 0) is 54.3 Å². The van der Waals surface area contributed by atoms with Gasteiger partial charge in [-0.3, -0.25) is 18.9 Å². The van der Waals surface area contributed by atoms with Gasteiger partial charge in [-0.2, -0.15) is 8.42 Å². The Balaban J connectivity index is 0.000000202. The molecule has 0 aliphatic heterocycles. The molecule has 0 unspecified atom stereocenters. The lowest BCUT2D eigenvalue weighted by atomic mass is 9.81. The molecule has 1 aromatic heterocycles. The van der Waals surface area contributed by atoms with E-state index >= 15 is 0 Å². The first-order chi connectivity index (χ1) is 26.1. The molecule has 9 nitrogen and oxygen atoms in total. The third-order valence-electron chi connectivity index (χ3n) is 9.51. The summed E-state index contributed by atoms with van der Waals surface area (Å²) in [5, 5.41) is 10.1. The van der Waals surface area contributed by atoms with E-state index in [1.54, 1.807) is 54.6 Å². The van der Waals surface area contributed by atoms with Crippen LogP contribution in [0.5, 0.6) is 0 Å². The summed E-state index contributed by atoms with van der Waals surface area (Å²) in [6.07, 6.45) is 0. The third kappa shape index (κ3) is 6.09. The number of aromatic amines is 1. The highest BCUT2D eigenvalue weighted by Gasteiger charge is 2.35. The smallest absolute Gasteiger partial charge is 0.296 e. The van der Waals surface area contributed by atoms with E-state index in [0.29, 0.717) is 39.1 Å². The van der Waals surface area contributed by atoms with E-state index in [1.165, 1.54) is 6.07 Å². The molecule has 9 rings (SSSR count). The van der Waals surface area contributed by atoms with Gasteiger partial charge in [0.1, 0.15) is 4.90 Å². The van der Waals surface area contributed by atoms with E-state index in [2.05, 4.69) is 15.6 Å². The quantitative estimate of drug-likeness (QED) is 0.129. The van der Waals surface area contributed by atoms with Crippen LogP contribution in [0.25, 0.3) is 32.6 Å². The summed E-state index contributed by atoms with van der Waals surface area (Å²) >= 11 is 0. The lowest BCUT2D eigenvalue weighted by Gasteiger charge is -2.25. The summed E-state index contributed by atoms with van der Waals surface area (Å²) in [6, 6.07) is 43.6. The van der Waals surface area contributed by atoms with Gasteiger partial charge in [0.25, 0.3) is 16.0 Å². The van der Waals surface area contributed by atoms with E-state index in [1.807, 2.05) is 91.9 Å². The number of aromatic nitrogens is 1. The zero-order valence-electron chi connectivity index (χ0n) is 28.8. The Bertz CT molecular complexity index is 2930. The van der Waals surface area contributed by atoms with Crippen LogP contribution < -0.4 is 10.6 Å². The number of rotatable bonds is 5. The number of anilines is 3. The van der Waals surface area contributed by atoms with Crippen LogP contribution in [0.3, 0.4) is 0 Å². The first-order valence-electron chi connectivity index (χ1n) is 17.0. The Morgan fingerprint density at radius 1 is 0.630 bits per heavy atom. The number of benzene rings is 7. The van der Waals surface area contributed by atoms with Crippen molar-refractivity contribution in [3.63, 3.8) is 0 Å². The minimum atomic E-state index is -4.21. The molecule has 1 amide bonds. The summed E-state index contributed by atoms with van der Waals surface area (Å²) in [6.45, 7) is 1.83. The van der Waals surface area contributed by atoms with E-state index < -0.39 is 10.1 Å². The van der Waals surface area contributed by atoms with Crippen molar-refractivity contribution in [1.29, 1.82) is 0 Å². The van der Waals surface area contributed by atoms with Crippen molar-refractivity contribution in [1.82, 2.24) is 4.98 Å². The molecule has 0 saturated heterocycles. The van der Waals surface area contributed by atoms with Crippen molar-refractivity contribution in [3.05, 3.63) is 179 Å². The molecular weight excluding hydrogens is 699 g/mol. The third-order valence-corrected chi connectivity index (χ3v) is 10.4. The van der Waals surface area contributed by atoms with Crippen LogP contribution in [0.1, 0.15) is 47.8 Å². The number of ketones is 2. The average molecular weight is 730 g/mol. The highest BCUT2D eigenvalue weighted by Crippen LogP contribution is 2.40. The summed E-state index contributed by atoms with van der Waals surface area (Å²) in [5.41, 5.74) is 5.25. The second-order valence-electron chi connectivity index (χ2n) is 12.9. The second kappa shape index (κ2) is 13.6. The monoisotopic (exact) mass is 729 g/mol. The fraction of sp³-hybridized carbons (Fsp3) is 0.0227. The first-order valence-corrected chi connectivity index (χ1v) is 18.5. The van der Waals surface area contributed by atoms with E-state index in [-0.39, 0.29) is 33.5 Å². The predicted molar refractivity (Wildman–Crippen MR) is 212 cm³/mol. The molecule has 1 aliphatic carbocycles. The molecule has 4 N–H and O–H groups in total. The van der Waals surface area contributed by atoms with Crippen molar-refractivity contribution in [2.75, 3.05) is 10.6 Å². The van der Waals surface area contributed by atoms with Crippen LogP contribution in [-0.4, -0.2) is 35.4 Å². The number of carbonyl (C=O) groups excluding carboxylic acids is 3. The Morgan fingerprint density at radius 2 is 1.22 bits per heavy atom. The second-order valence-corrected chi connectivity index (χ2v) is 14.3. The van der Waals surface area contributed by atoms with Gasteiger partial charge in [-0.25, -0.2) is 0 Å². The zero-order valence-corrected chi connectivity index (χ0v) is 29.6. The van der Waals surface area contributed by atoms with Gasteiger partial charge >= 0.3 is 0 Å². The number of hydrogen-bond acceptors (Lipinski definition) is 6. The minimum absolute atomic E-state index is 0.0915. The molecule has 54 heavy (non-hydrogen) atoms. The van der Waals surface area contributed by atoms with E-state index in [4.69, 9.17) is 4.55 Å². The predicted octanol–water partition coefficient (Wildman–Crippen LogP) is 9.49. The van der Waals surface area contributed by atoms with Gasteiger partial charge in [-0.15, -0.1) is 0 Å². The van der Waals surface area contributed by atoms with Crippen LogP contribution >= 0.6 is 0 Å². The Labute approximate surface area is 310 Å². The van der Waals surface area contributed by atoms with Crippen LogP contribution in [0, 0.1) is 6.92 Å². The zero-order chi connectivity index (χ0) is 37.6. The first kappa shape index (κ1) is 34.2. The normalized spacial score (nSPS) is 12.2. The maximum atomic E-state index is 13.8. The number of fused-ring (bicyclic) bond motifs is 6. The highest BCUT2D eigenvalue weighted by atomic mass is 32.2. The summed E-state index contributed by atoms with van der Waals surface area (Å²) < 4.78 is 31.7. The molecule has 0 saturated carbocycles. The number of carbonyl (C=O) groups is 3. The van der Waals surface area contributed by atoms with Crippen LogP contribution in [-0.2, 0) is 10.1 Å². The molecule has 1 aliphatic rings. The molecule has 0 bridgehead atoms. The number of para-hydroxylation sites is 2. The molecule has 8 aromatic rings. The van der Waals surface area contributed by atoms with Crippen LogP contribution in [0.4, 0.5) is 17.1 Å². The maximum Gasteiger partial charge on any atom is 0.296 e. The van der Waals surface area contributed by atoms with Crippen LogP contribution in [0.15, 0.2) is 150 Å². The van der Waals surface area contributed by atoms with Crippen LogP contribution in [0.2, 0.25) is 0 Å². The number of hydrogen-bond donors (Lipinski definition) is 4. The van der Waals surface area contributed by atoms with Gasteiger partial charge in [0.2, 0.25) is 0 Å². The number of amides is 1. The molecular formula is C44H31N3O6S. The fourth-order valence-electron chi connectivity index (χ4n) is 7.00. The fourth-order valence-corrected chi connectivity index (χ4v) is 7.67. The summed E-state index contributed by atoms with van der Waals surface area (Å²) in [4.78, 5) is 43.7. The molecule has 7 aromatic carbocycles. The summed E-state index contributed by atoms with van der Waals surface area (Å²) in [5.74, 6) is -0.902. The van der Waals surface area contributed by atoms with Crippen molar-refractivity contribution in [2.45, 2.75) is 11.8 Å². The largest absolute Gasteiger partial charge is 0.354 e. The lowest BCUT2D eigenvalue weighted by molar-refractivity contribution is 0.0979. The molecule has 0 fully saturated rings. The highest BCUT2D eigenvalue weighted by molar-refractivity contribution is 7.86. The molecule has 10 heteroatoms. The molecule has 0 spiro atoms. The van der Waals surface area contributed by atoms with Gasteiger partial charge in [-0.1, -0.05) is 109 Å². The van der Waals surface area contributed by atoms with Gasteiger partial charge in [0.15, 0.2) is 11.6 Å². The SMILES string of the molecule is Cc1cc(Nc2cccc3ccccc23)c2c(c1NC(=O)c1ccccc1)C(=O)c1ccccc1C2=O.O=S(=O)(O)c1cccc2c1[nH]c1ccccc12. The summed E-state index contributed by atoms with van der Waals surface area (Å²) in [7, 11) is -4.21. The van der Waals surface area contributed by atoms with Gasteiger partial charge < -0.3 is 15.6 Å². The van der Waals surface area contributed by atoms with Gasteiger partial charge in [0, 0.05) is 44.1 Å². The molecule has 0 radical (unpaired) electrons.